The quantitative estimate of drug-likeness (QED) is 0.882. The molecule has 1 heterocycles. The molecule has 0 spiro atoms. The molecule has 0 saturated heterocycles. The van der Waals surface area contributed by atoms with E-state index in [9.17, 15) is 8.78 Å². The number of hydrogen-bond donors (Lipinski definition) is 1. The van der Waals surface area contributed by atoms with E-state index < -0.39 is 12.5 Å². The van der Waals surface area contributed by atoms with Crippen LogP contribution in [0.4, 0.5) is 8.78 Å². The molecule has 0 bridgehead atoms. The zero-order valence-corrected chi connectivity index (χ0v) is 9.53. The second-order valence-corrected chi connectivity index (χ2v) is 4.00. The fourth-order valence-corrected chi connectivity index (χ4v) is 1.67. The highest BCUT2D eigenvalue weighted by Gasteiger charge is 2.13. The Hall–Kier alpha value is -1.55. The van der Waals surface area contributed by atoms with E-state index in [-0.39, 0.29) is 0 Å². The third kappa shape index (κ3) is 2.77. The summed E-state index contributed by atoms with van der Waals surface area (Å²) in [4.78, 5) is 4.28. The second-order valence-electron chi connectivity index (χ2n) is 4.00. The first-order valence-electron chi connectivity index (χ1n) is 5.52. The highest BCUT2D eigenvalue weighted by atomic mass is 19.3. The molecule has 0 fully saturated rings. The Kier molecular flexibility index (Phi) is 3.64. The first-order valence-corrected chi connectivity index (χ1v) is 5.52. The Morgan fingerprint density at radius 3 is 2.76 bits per heavy atom. The van der Waals surface area contributed by atoms with E-state index >= 15 is 0 Å². The van der Waals surface area contributed by atoms with Crippen LogP contribution < -0.4 is 5.32 Å². The summed E-state index contributed by atoms with van der Waals surface area (Å²) < 4.78 is 24.7. The summed E-state index contributed by atoms with van der Waals surface area (Å²) in [5.41, 5.74) is 1.81. The van der Waals surface area contributed by atoms with Crippen molar-refractivity contribution in [2.45, 2.75) is 25.9 Å². The number of fused-ring (bicyclic) bond motifs is 1. The average molecular weight is 236 g/mol. The summed E-state index contributed by atoms with van der Waals surface area (Å²) in [5.74, 6) is 0. The highest BCUT2D eigenvalue weighted by molar-refractivity contribution is 5.81. The fraction of sp³-hybridized carbons (Fsp3) is 0.308. The number of halogens is 2. The lowest BCUT2D eigenvalue weighted by Gasteiger charge is -2.13. The minimum absolute atomic E-state index is 0.403. The summed E-state index contributed by atoms with van der Waals surface area (Å²) in [6.07, 6.45) is -0.638. The van der Waals surface area contributed by atoms with Crippen LogP contribution in [0.1, 0.15) is 12.5 Å². The van der Waals surface area contributed by atoms with Gasteiger partial charge in [-0.15, -0.1) is 0 Å². The summed E-state index contributed by atoms with van der Waals surface area (Å²) >= 11 is 0. The van der Waals surface area contributed by atoms with Gasteiger partial charge >= 0.3 is 0 Å². The van der Waals surface area contributed by atoms with E-state index in [4.69, 9.17) is 0 Å². The Morgan fingerprint density at radius 1 is 1.24 bits per heavy atom. The van der Waals surface area contributed by atoms with E-state index in [1.807, 2.05) is 30.3 Å². The average Bonchev–Trinajstić information content (AvgIpc) is 2.35. The van der Waals surface area contributed by atoms with Crippen molar-refractivity contribution < 1.29 is 8.78 Å². The predicted molar refractivity (Wildman–Crippen MR) is 64.0 cm³/mol. The van der Waals surface area contributed by atoms with Crippen molar-refractivity contribution in [1.29, 1.82) is 0 Å². The number of rotatable bonds is 4. The molecule has 0 aliphatic carbocycles. The number of para-hydroxylation sites is 1. The van der Waals surface area contributed by atoms with Gasteiger partial charge in [-0.25, -0.2) is 8.78 Å². The SMILES string of the molecule is CC(NCc1cccc2cccnc12)C(F)F. The van der Waals surface area contributed by atoms with Gasteiger partial charge in [-0.2, -0.15) is 0 Å². The van der Waals surface area contributed by atoms with Crippen LogP contribution in [0.5, 0.6) is 0 Å². The van der Waals surface area contributed by atoms with Crippen LogP contribution in [0, 0.1) is 0 Å². The van der Waals surface area contributed by atoms with Crippen molar-refractivity contribution in [3.63, 3.8) is 0 Å². The molecular formula is C13H14F2N2. The van der Waals surface area contributed by atoms with Crippen LogP contribution >= 0.6 is 0 Å². The number of pyridine rings is 1. The lowest BCUT2D eigenvalue weighted by molar-refractivity contribution is 0.105. The maximum Gasteiger partial charge on any atom is 0.253 e. The van der Waals surface area contributed by atoms with E-state index in [2.05, 4.69) is 10.3 Å². The number of nitrogens with zero attached hydrogens (tertiary/aromatic N) is 1. The number of hydrogen-bond acceptors (Lipinski definition) is 2. The molecule has 0 aliphatic heterocycles. The zero-order chi connectivity index (χ0) is 12.3. The molecule has 2 nitrogen and oxygen atoms in total. The lowest BCUT2D eigenvalue weighted by atomic mass is 10.1. The third-order valence-corrected chi connectivity index (χ3v) is 2.71. The molecule has 2 aromatic rings. The fourth-order valence-electron chi connectivity index (χ4n) is 1.67. The first kappa shape index (κ1) is 11.9. The maximum atomic E-state index is 12.4. The molecule has 90 valence electrons. The van der Waals surface area contributed by atoms with Crippen molar-refractivity contribution in [1.82, 2.24) is 10.3 Å². The standard InChI is InChI=1S/C13H14F2N2/c1-9(13(14)15)17-8-11-5-2-4-10-6-3-7-16-12(10)11/h2-7,9,13,17H,8H2,1H3. The first-order chi connectivity index (χ1) is 8.18. The molecule has 1 N–H and O–H groups in total. The Morgan fingerprint density at radius 2 is 2.00 bits per heavy atom. The largest absolute Gasteiger partial charge is 0.305 e. The van der Waals surface area contributed by atoms with Gasteiger partial charge in [0.1, 0.15) is 0 Å². The van der Waals surface area contributed by atoms with Crippen molar-refractivity contribution >= 4 is 10.9 Å². The zero-order valence-electron chi connectivity index (χ0n) is 9.53. The molecular weight excluding hydrogens is 222 g/mol. The van der Waals surface area contributed by atoms with Gasteiger partial charge in [0.2, 0.25) is 0 Å². The highest BCUT2D eigenvalue weighted by Crippen LogP contribution is 2.16. The summed E-state index contributed by atoms with van der Waals surface area (Å²) in [6.45, 7) is 1.88. The molecule has 1 aromatic carbocycles. The van der Waals surface area contributed by atoms with Gasteiger partial charge in [-0.3, -0.25) is 4.98 Å². The molecule has 0 radical (unpaired) electrons. The number of alkyl halides is 2. The van der Waals surface area contributed by atoms with Crippen LogP contribution in [0.2, 0.25) is 0 Å². The van der Waals surface area contributed by atoms with E-state index in [1.165, 1.54) is 6.92 Å². The Balaban J connectivity index is 2.19. The molecule has 2 rings (SSSR count). The van der Waals surface area contributed by atoms with Gasteiger partial charge in [0.15, 0.2) is 0 Å². The number of nitrogens with one attached hydrogen (secondary N) is 1. The Labute approximate surface area is 98.7 Å². The van der Waals surface area contributed by atoms with E-state index in [1.54, 1.807) is 6.20 Å². The maximum absolute atomic E-state index is 12.4. The lowest BCUT2D eigenvalue weighted by Crippen LogP contribution is -2.32. The summed E-state index contributed by atoms with van der Waals surface area (Å²) in [5, 5.41) is 3.83. The van der Waals surface area contributed by atoms with Crippen molar-refractivity contribution in [2.24, 2.45) is 0 Å². The van der Waals surface area contributed by atoms with Crippen LogP contribution in [-0.4, -0.2) is 17.5 Å². The van der Waals surface area contributed by atoms with Crippen LogP contribution in [-0.2, 0) is 6.54 Å². The molecule has 0 aliphatic rings. The van der Waals surface area contributed by atoms with Gasteiger partial charge in [-0.1, -0.05) is 24.3 Å². The molecule has 17 heavy (non-hydrogen) atoms. The number of benzene rings is 1. The predicted octanol–water partition coefficient (Wildman–Crippen LogP) is 2.98. The molecule has 0 saturated carbocycles. The monoisotopic (exact) mass is 236 g/mol. The van der Waals surface area contributed by atoms with Gasteiger partial charge in [-0.05, 0) is 18.6 Å². The van der Waals surface area contributed by atoms with E-state index in [0.717, 1.165) is 16.5 Å². The second kappa shape index (κ2) is 5.19. The molecule has 1 atom stereocenters. The van der Waals surface area contributed by atoms with Crippen molar-refractivity contribution in [2.75, 3.05) is 0 Å². The normalized spacial score (nSPS) is 13.2. The topological polar surface area (TPSA) is 24.9 Å². The van der Waals surface area contributed by atoms with Crippen molar-refractivity contribution in [3.05, 3.63) is 42.1 Å². The van der Waals surface area contributed by atoms with Gasteiger partial charge in [0.05, 0.1) is 11.6 Å². The third-order valence-electron chi connectivity index (χ3n) is 2.71. The van der Waals surface area contributed by atoms with E-state index in [0.29, 0.717) is 6.54 Å². The van der Waals surface area contributed by atoms with Crippen LogP contribution in [0.3, 0.4) is 0 Å². The number of aromatic nitrogens is 1. The molecule has 0 amide bonds. The van der Waals surface area contributed by atoms with Crippen LogP contribution in [0.25, 0.3) is 10.9 Å². The molecule has 1 aromatic heterocycles. The van der Waals surface area contributed by atoms with Gasteiger partial charge < -0.3 is 5.32 Å². The minimum Gasteiger partial charge on any atom is -0.305 e. The van der Waals surface area contributed by atoms with Crippen LogP contribution in [0.15, 0.2) is 36.5 Å². The summed E-state index contributed by atoms with van der Waals surface area (Å²) in [6, 6.07) is 8.79. The van der Waals surface area contributed by atoms with Crippen molar-refractivity contribution in [3.8, 4) is 0 Å². The summed E-state index contributed by atoms with van der Waals surface area (Å²) in [7, 11) is 0. The smallest absolute Gasteiger partial charge is 0.253 e. The molecule has 4 heteroatoms. The van der Waals surface area contributed by atoms with Gasteiger partial charge in [0, 0.05) is 18.1 Å². The minimum atomic E-state index is -2.35. The van der Waals surface area contributed by atoms with Gasteiger partial charge in [0.25, 0.3) is 6.43 Å². The Bertz CT molecular complexity index is 494. The molecule has 1 unspecified atom stereocenters.